The predicted octanol–water partition coefficient (Wildman–Crippen LogP) is 0.746. The van der Waals surface area contributed by atoms with Crippen molar-refractivity contribution in [2.75, 3.05) is 44.3 Å². The molecule has 9 heteroatoms. The van der Waals surface area contributed by atoms with Gasteiger partial charge in [-0.25, -0.2) is 9.59 Å². The van der Waals surface area contributed by atoms with Crippen molar-refractivity contribution in [1.82, 2.24) is 9.80 Å². The number of carbonyl (C=O) groups is 3. The second-order valence-electron chi connectivity index (χ2n) is 6.17. The Labute approximate surface area is 165 Å². The number of carbonyl (C=O) groups excluding carboxylic acids is 1. The second kappa shape index (κ2) is 13.6. The van der Waals surface area contributed by atoms with Crippen molar-refractivity contribution in [3.8, 4) is 0 Å². The van der Waals surface area contributed by atoms with E-state index in [0.29, 0.717) is 6.42 Å². The minimum absolute atomic E-state index is 0. The molecule has 1 heterocycles. The monoisotopic (exact) mass is 397 g/mol. The smallest absolute Gasteiger partial charge is 0.414 e. The van der Waals surface area contributed by atoms with E-state index in [2.05, 4.69) is 16.7 Å². The molecule has 9 nitrogen and oxygen atoms in total. The Bertz CT molecular complexity index is 599. The lowest BCUT2D eigenvalue weighted by Crippen LogP contribution is -2.47. The number of nitrogens with zero attached hydrogens (tertiary/aromatic N) is 3. The summed E-state index contributed by atoms with van der Waals surface area (Å²) in [4.78, 5) is 37.2. The molecule has 1 aromatic rings. The van der Waals surface area contributed by atoms with E-state index in [0.717, 1.165) is 38.5 Å². The molecule has 4 N–H and O–H groups in total. The van der Waals surface area contributed by atoms with Gasteiger partial charge in [-0.2, -0.15) is 0 Å². The van der Waals surface area contributed by atoms with Gasteiger partial charge in [0.1, 0.15) is 0 Å². The number of hydrogen-bond donors (Lipinski definition) is 2. The van der Waals surface area contributed by atoms with Gasteiger partial charge in [-0.05, 0) is 25.1 Å². The SMILES string of the molecule is CCC(=O)N(CCN1CCCN(CC)C1)c1ccccc1.O.O=C(O)C(=O)O. The number of benzene rings is 1. The summed E-state index contributed by atoms with van der Waals surface area (Å²) in [7, 11) is 0. The molecular formula is C19H31N3O6. The average molecular weight is 397 g/mol. The predicted molar refractivity (Wildman–Crippen MR) is 106 cm³/mol. The van der Waals surface area contributed by atoms with Gasteiger partial charge in [0.25, 0.3) is 0 Å². The lowest BCUT2D eigenvalue weighted by atomic mass is 10.2. The fourth-order valence-corrected chi connectivity index (χ4v) is 2.82. The van der Waals surface area contributed by atoms with E-state index in [1.807, 2.05) is 42.2 Å². The van der Waals surface area contributed by atoms with E-state index < -0.39 is 11.9 Å². The number of carboxylic acid groups (broad SMARTS) is 2. The van der Waals surface area contributed by atoms with Crippen molar-refractivity contribution < 1.29 is 30.1 Å². The number of aliphatic carboxylic acids is 2. The van der Waals surface area contributed by atoms with Crippen LogP contribution in [0.1, 0.15) is 26.7 Å². The minimum Gasteiger partial charge on any atom is -0.473 e. The van der Waals surface area contributed by atoms with Crippen LogP contribution in [-0.4, -0.2) is 82.7 Å². The maximum Gasteiger partial charge on any atom is 0.414 e. The third-order valence-corrected chi connectivity index (χ3v) is 4.29. The van der Waals surface area contributed by atoms with E-state index >= 15 is 0 Å². The molecule has 0 aromatic heterocycles. The van der Waals surface area contributed by atoms with Crippen molar-refractivity contribution in [2.45, 2.75) is 26.7 Å². The van der Waals surface area contributed by atoms with Gasteiger partial charge >= 0.3 is 11.9 Å². The highest BCUT2D eigenvalue weighted by atomic mass is 16.4. The van der Waals surface area contributed by atoms with Crippen LogP contribution in [0.4, 0.5) is 5.69 Å². The number of anilines is 1. The molecule has 1 fully saturated rings. The molecule has 0 unspecified atom stereocenters. The van der Waals surface area contributed by atoms with Crippen molar-refractivity contribution in [3.63, 3.8) is 0 Å². The quantitative estimate of drug-likeness (QED) is 0.677. The van der Waals surface area contributed by atoms with Crippen molar-refractivity contribution in [2.24, 2.45) is 0 Å². The Hall–Kier alpha value is -2.49. The molecule has 0 aliphatic carbocycles. The molecule has 2 rings (SSSR count). The number of rotatable bonds is 6. The summed E-state index contributed by atoms with van der Waals surface area (Å²) in [5, 5.41) is 14.8. The van der Waals surface area contributed by atoms with Crippen molar-refractivity contribution in [3.05, 3.63) is 30.3 Å². The Kier molecular flexibility index (Phi) is 12.4. The normalized spacial score (nSPS) is 14.2. The molecule has 28 heavy (non-hydrogen) atoms. The van der Waals surface area contributed by atoms with Crippen LogP contribution in [0.25, 0.3) is 0 Å². The van der Waals surface area contributed by atoms with Crippen LogP contribution in [0.15, 0.2) is 30.3 Å². The summed E-state index contributed by atoms with van der Waals surface area (Å²) in [6.07, 6.45) is 1.77. The number of amides is 1. The van der Waals surface area contributed by atoms with Gasteiger partial charge in [0, 0.05) is 38.3 Å². The van der Waals surface area contributed by atoms with Crippen molar-refractivity contribution in [1.29, 1.82) is 0 Å². The third-order valence-electron chi connectivity index (χ3n) is 4.29. The van der Waals surface area contributed by atoms with Gasteiger partial charge in [-0.15, -0.1) is 0 Å². The van der Waals surface area contributed by atoms with Crippen LogP contribution >= 0.6 is 0 Å². The van der Waals surface area contributed by atoms with Crippen LogP contribution in [0.5, 0.6) is 0 Å². The molecule has 0 saturated carbocycles. The van der Waals surface area contributed by atoms with Crippen molar-refractivity contribution >= 4 is 23.5 Å². The first kappa shape index (κ1) is 25.5. The Morgan fingerprint density at radius 1 is 1.00 bits per heavy atom. The zero-order valence-electron chi connectivity index (χ0n) is 16.5. The third kappa shape index (κ3) is 8.94. The molecule has 0 atom stereocenters. The number of para-hydroxylation sites is 1. The van der Waals surface area contributed by atoms with Gasteiger partial charge in [0.05, 0.1) is 6.67 Å². The van der Waals surface area contributed by atoms with E-state index in [-0.39, 0.29) is 11.4 Å². The molecule has 1 amide bonds. The Morgan fingerprint density at radius 2 is 1.57 bits per heavy atom. The molecule has 1 aliphatic rings. The van der Waals surface area contributed by atoms with Crippen LogP contribution in [0.2, 0.25) is 0 Å². The van der Waals surface area contributed by atoms with E-state index in [1.165, 1.54) is 13.0 Å². The lowest BCUT2D eigenvalue weighted by Gasteiger charge is -2.36. The van der Waals surface area contributed by atoms with Gasteiger partial charge in [-0.1, -0.05) is 32.0 Å². The van der Waals surface area contributed by atoms with E-state index in [9.17, 15) is 4.79 Å². The van der Waals surface area contributed by atoms with Crippen LogP contribution in [0, 0.1) is 0 Å². The number of hydrogen-bond acceptors (Lipinski definition) is 5. The topological polar surface area (TPSA) is 133 Å². The van der Waals surface area contributed by atoms with Crippen LogP contribution in [0.3, 0.4) is 0 Å². The van der Waals surface area contributed by atoms with Crippen LogP contribution < -0.4 is 4.90 Å². The Morgan fingerprint density at radius 3 is 2.07 bits per heavy atom. The minimum atomic E-state index is -1.82. The highest BCUT2D eigenvalue weighted by Crippen LogP contribution is 2.15. The van der Waals surface area contributed by atoms with Crippen LogP contribution in [-0.2, 0) is 14.4 Å². The maximum absolute atomic E-state index is 12.2. The Balaban J connectivity index is 0.000000910. The summed E-state index contributed by atoms with van der Waals surface area (Å²) < 4.78 is 0. The molecule has 0 radical (unpaired) electrons. The zero-order chi connectivity index (χ0) is 20.2. The van der Waals surface area contributed by atoms with Gasteiger partial charge < -0.3 is 20.6 Å². The largest absolute Gasteiger partial charge is 0.473 e. The first-order valence-corrected chi connectivity index (χ1v) is 9.15. The molecule has 0 bridgehead atoms. The highest BCUT2D eigenvalue weighted by molar-refractivity contribution is 6.27. The molecule has 1 aromatic carbocycles. The first-order chi connectivity index (χ1) is 12.9. The second-order valence-corrected chi connectivity index (χ2v) is 6.17. The fraction of sp³-hybridized carbons (Fsp3) is 0.526. The van der Waals surface area contributed by atoms with E-state index in [4.69, 9.17) is 19.8 Å². The van der Waals surface area contributed by atoms with Gasteiger partial charge in [0.2, 0.25) is 5.91 Å². The molecular weight excluding hydrogens is 366 g/mol. The fourth-order valence-electron chi connectivity index (χ4n) is 2.82. The van der Waals surface area contributed by atoms with E-state index in [1.54, 1.807) is 0 Å². The average Bonchev–Trinajstić information content (AvgIpc) is 2.69. The summed E-state index contributed by atoms with van der Waals surface area (Å²) in [6.45, 7) is 10.3. The van der Waals surface area contributed by atoms with Gasteiger partial charge in [0.15, 0.2) is 0 Å². The lowest BCUT2D eigenvalue weighted by molar-refractivity contribution is -0.159. The zero-order valence-corrected chi connectivity index (χ0v) is 16.5. The molecule has 158 valence electrons. The van der Waals surface area contributed by atoms with Gasteiger partial charge in [-0.3, -0.25) is 14.6 Å². The molecule has 1 saturated heterocycles. The maximum atomic E-state index is 12.2. The summed E-state index contributed by atoms with van der Waals surface area (Å²) in [6, 6.07) is 10.0. The summed E-state index contributed by atoms with van der Waals surface area (Å²) >= 11 is 0. The standard InChI is InChI=1S/C17H27N3O.C2H2O4.H2O/c1-3-17(21)20(16-9-6-5-7-10-16)14-13-19-12-8-11-18(4-2)15-19;3-1(4)2(5)6;/h5-7,9-10H,3-4,8,11-15H2,1-2H3;(H,3,4)(H,5,6);1H2. The summed E-state index contributed by atoms with van der Waals surface area (Å²) in [5.74, 6) is -3.45. The summed E-state index contributed by atoms with van der Waals surface area (Å²) in [5.41, 5.74) is 1.01. The first-order valence-electron chi connectivity index (χ1n) is 9.15. The highest BCUT2D eigenvalue weighted by Gasteiger charge is 2.19. The molecule has 1 aliphatic heterocycles. The molecule has 0 spiro atoms. The number of carboxylic acids is 2.